The molecule has 1 saturated carbocycles. The molecule has 0 aliphatic heterocycles. The van der Waals surface area contributed by atoms with E-state index in [0.29, 0.717) is 24.1 Å². The maximum Gasteiger partial charge on any atom is 0.310 e. The van der Waals surface area contributed by atoms with Crippen molar-refractivity contribution in [2.45, 2.75) is 39.0 Å². The van der Waals surface area contributed by atoms with Crippen LogP contribution in [-0.2, 0) is 9.59 Å². The molecule has 1 fully saturated rings. The molecular formula is C16H18N2O3. The van der Waals surface area contributed by atoms with Crippen molar-refractivity contribution in [1.29, 1.82) is 5.26 Å². The summed E-state index contributed by atoms with van der Waals surface area (Å²) in [6.07, 6.45) is 2.78. The SMILES string of the molecule is Cc1ccc(C#N)cc1NC(=O)CC1(C(=O)O)CCCC1. The normalized spacial score (nSPS) is 16.2. The number of carbonyl (C=O) groups is 2. The molecule has 0 saturated heterocycles. The number of carboxylic acid groups (broad SMARTS) is 1. The van der Waals surface area contributed by atoms with Gasteiger partial charge in [0.2, 0.25) is 5.91 Å². The lowest BCUT2D eigenvalue weighted by Crippen LogP contribution is -2.32. The van der Waals surface area contributed by atoms with E-state index in [4.69, 9.17) is 5.26 Å². The maximum absolute atomic E-state index is 12.2. The van der Waals surface area contributed by atoms with E-state index in [2.05, 4.69) is 5.32 Å². The standard InChI is InChI=1S/C16H18N2O3/c1-11-4-5-12(10-17)8-13(11)18-14(19)9-16(15(20)21)6-2-3-7-16/h4-5,8H,2-3,6-7,9H2,1H3,(H,18,19)(H,20,21). The molecule has 1 aromatic carbocycles. The first kappa shape index (κ1) is 15.0. The summed E-state index contributed by atoms with van der Waals surface area (Å²) >= 11 is 0. The van der Waals surface area contributed by atoms with Crippen molar-refractivity contribution in [3.63, 3.8) is 0 Å². The molecule has 5 nitrogen and oxygen atoms in total. The van der Waals surface area contributed by atoms with Crippen molar-refractivity contribution in [2.24, 2.45) is 5.41 Å². The van der Waals surface area contributed by atoms with E-state index in [1.165, 1.54) is 0 Å². The number of hydrogen-bond acceptors (Lipinski definition) is 3. The van der Waals surface area contributed by atoms with Gasteiger partial charge in [-0.05, 0) is 37.5 Å². The van der Waals surface area contributed by atoms with Crippen LogP contribution >= 0.6 is 0 Å². The quantitative estimate of drug-likeness (QED) is 0.890. The minimum Gasteiger partial charge on any atom is -0.481 e. The number of aryl methyl sites for hydroxylation is 1. The second-order valence-corrected chi connectivity index (χ2v) is 5.66. The number of nitrogens with one attached hydrogen (secondary N) is 1. The fourth-order valence-corrected chi connectivity index (χ4v) is 2.85. The van der Waals surface area contributed by atoms with E-state index < -0.39 is 11.4 Å². The molecule has 1 aliphatic carbocycles. The summed E-state index contributed by atoms with van der Waals surface area (Å²) in [5.74, 6) is -1.20. The number of rotatable bonds is 4. The highest BCUT2D eigenvalue weighted by atomic mass is 16.4. The number of aliphatic carboxylic acids is 1. The summed E-state index contributed by atoms with van der Waals surface area (Å²) in [4.78, 5) is 23.6. The van der Waals surface area contributed by atoms with E-state index in [1.807, 2.05) is 13.0 Å². The molecule has 0 heterocycles. The van der Waals surface area contributed by atoms with E-state index in [1.54, 1.807) is 18.2 Å². The Morgan fingerprint density at radius 2 is 2.05 bits per heavy atom. The third-order valence-electron chi connectivity index (χ3n) is 4.15. The predicted octanol–water partition coefficient (Wildman–Crippen LogP) is 2.84. The molecule has 1 amide bonds. The maximum atomic E-state index is 12.2. The van der Waals surface area contributed by atoms with Gasteiger partial charge in [-0.15, -0.1) is 0 Å². The summed E-state index contributed by atoms with van der Waals surface area (Å²) < 4.78 is 0. The minimum atomic E-state index is -0.926. The highest BCUT2D eigenvalue weighted by molar-refractivity contribution is 5.95. The van der Waals surface area contributed by atoms with E-state index in [9.17, 15) is 14.7 Å². The second kappa shape index (κ2) is 5.96. The lowest BCUT2D eigenvalue weighted by Gasteiger charge is -2.23. The zero-order valence-corrected chi connectivity index (χ0v) is 12.0. The second-order valence-electron chi connectivity index (χ2n) is 5.66. The number of hydrogen-bond donors (Lipinski definition) is 2. The Morgan fingerprint density at radius 3 is 2.62 bits per heavy atom. The van der Waals surface area contributed by atoms with Crippen LogP contribution in [0.3, 0.4) is 0 Å². The zero-order chi connectivity index (χ0) is 15.5. The lowest BCUT2D eigenvalue weighted by molar-refractivity contribution is -0.150. The van der Waals surface area contributed by atoms with Gasteiger partial charge in [-0.25, -0.2) is 0 Å². The van der Waals surface area contributed by atoms with Gasteiger partial charge >= 0.3 is 5.97 Å². The Kier molecular flexibility index (Phi) is 4.27. The van der Waals surface area contributed by atoms with Crippen LogP contribution in [-0.4, -0.2) is 17.0 Å². The van der Waals surface area contributed by atoms with Crippen molar-refractivity contribution in [3.8, 4) is 6.07 Å². The van der Waals surface area contributed by atoms with E-state index >= 15 is 0 Å². The Bertz CT molecular complexity index is 610. The highest BCUT2D eigenvalue weighted by Crippen LogP contribution is 2.41. The Labute approximate surface area is 123 Å². The number of benzene rings is 1. The Hall–Kier alpha value is -2.35. The predicted molar refractivity (Wildman–Crippen MR) is 77.7 cm³/mol. The van der Waals surface area contributed by atoms with Crippen LogP contribution in [0.15, 0.2) is 18.2 Å². The van der Waals surface area contributed by atoms with Crippen molar-refractivity contribution in [1.82, 2.24) is 0 Å². The van der Waals surface area contributed by atoms with Gasteiger partial charge in [0, 0.05) is 12.1 Å². The van der Waals surface area contributed by atoms with Crippen LogP contribution in [0.2, 0.25) is 0 Å². The number of nitrogens with zero attached hydrogens (tertiary/aromatic N) is 1. The number of nitriles is 1. The summed E-state index contributed by atoms with van der Waals surface area (Å²) in [5.41, 5.74) is 0.950. The Balaban J connectivity index is 2.12. The number of carboxylic acids is 1. The molecule has 21 heavy (non-hydrogen) atoms. The van der Waals surface area contributed by atoms with Crippen LogP contribution in [0, 0.1) is 23.7 Å². The molecule has 110 valence electrons. The molecule has 1 aromatic rings. The topological polar surface area (TPSA) is 90.2 Å². The van der Waals surface area contributed by atoms with E-state index in [0.717, 1.165) is 18.4 Å². The first-order valence-corrected chi connectivity index (χ1v) is 7.01. The van der Waals surface area contributed by atoms with Gasteiger partial charge in [-0.1, -0.05) is 18.9 Å². The average Bonchev–Trinajstić information content (AvgIpc) is 2.91. The van der Waals surface area contributed by atoms with Crippen LogP contribution in [0.5, 0.6) is 0 Å². The third kappa shape index (κ3) is 3.22. The third-order valence-corrected chi connectivity index (χ3v) is 4.15. The molecule has 5 heteroatoms. The molecule has 0 radical (unpaired) electrons. The van der Waals surface area contributed by atoms with Gasteiger partial charge in [0.1, 0.15) is 0 Å². The summed E-state index contributed by atoms with van der Waals surface area (Å²) in [5, 5.41) is 21.0. The van der Waals surface area contributed by atoms with Crippen molar-refractivity contribution in [3.05, 3.63) is 29.3 Å². The van der Waals surface area contributed by atoms with Crippen LogP contribution in [0.1, 0.15) is 43.2 Å². The number of carbonyl (C=O) groups excluding carboxylic acids is 1. The molecule has 0 atom stereocenters. The summed E-state index contributed by atoms with van der Waals surface area (Å²) in [6.45, 7) is 1.83. The summed E-state index contributed by atoms with van der Waals surface area (Å²) in [6, 6.07) is 7.07. The molecule has 1 aliphatic rings. The fourth-order valence-electron chi connectivity index (χ4n) is 2.85. The Morgan fingerprint density at radius 1 is 1.38 bits per heavy atom. The minimum absolute atomic E-state index is 0.0153. The highest BCUT2D eigenvalue weighted by Gasteiger charge is 2.42. The average molecular weight is 286 g/mol. The van der Waals surface area contributed by atoms with Gasteiger partial charge in [0.25, 0.3) is 0 Å². The first-order chi connectivity index (χ1) is 9.97. The van der Waals surface area contributed by atoms with Gasteiger partial charge in [-0.2, -0.15) is 5.26 Å². The van der Waals surface area contributed by atoms with Crippen molar-refractivity contribution in [2.75, 3.05) is 5.32 Å². The lowest BCUT2D eigenvalue weighted by atomic mass is 9.82. The van der Waals surface area contributed by atoms with E-state index in [-0.39, 0.29) is 12.3 Å². The smallest absolute Gasteiger partial charge is 0.310 e. The largest absolute Gasteiger partial charge is 0.481 e. The van der Waals surface area contributed by atoms with Gasteiger partial charge in [0.05, 0.1) is 17.0 Å². The monoisotopic (exact) mass is 286 g/mol. The molecule has 0 unspecified atom stereocenters. The zero-order valence-electron chi connectivity index (χ0n) is 12.0. The molecule has 0 aromatic heterocycles. The van der Waals surface area contributed by atoms with Crippen molar-refractivity contribution < 1.29 is 14.7 Å². The summed E-state index contributed by atoms with van der Waals surface area (Å²) in [7, 11) is 0. The van der Waals surface area contributed by atoms with Gasteiger partial charge < -0.3 is 10.4 Å². The number of anilines is 1. The van der Waals surface area contributed by atoms with Gasteiger partial charge in [-0.3, -0.25) is 9.59 Å². The first-order valence-electron chi connectivity index (χ1n) is 7.01. The van der Waals surface area contributed by atoms with Crippen LogP contribution in [0.25, 0.3) is 0 Å². The fraction of sp³-hybridized carbons (Fsp3) is 0.438. The molecule has 0 spiro atoms. The van der Waals surface area contributed by atoms with Crippen molar-refractivity contribution >= 4 is 17.6 Å². The molecule has 0 bridgehead atoms. The van der Waals surface area contributed by atoms with Crippen LogP contribution < -0.4 is 5.32 Å². The van der Waals surface area contributed by atoms with Gasteiger partial charge in [0.15, 0.2) is 0 Å². The molecule has 2 N–H and O–H groups in total. The number of amides is 1. The molecule has 2 rings (SSSR count). The van der Waals surface area contributed by atoms with Crippen LogP contribution in [0.4, 0.5) is 5.69 Å². The molecular weight excluding hydrogens is 268 g/mol.